The van der Waals surface area contributed by atoms with E-state index in [2.05, 4.69) is 10.3 Å². The molecule has 0 radical (unpaired) electrons. The molecule has 1 aliphatic heterocycles. The fourth-order valence-corrected chi connectivity index (χ4v) is 4.49. The number of rotatable bonds is 6. The first-order valence-corrected chi connectivity index (χ1v) is 11.2. The Morgan fingerprint density at radius 3 is 2.83 bits per heavy atom. The number of pyridine rings is 1. The number of amides is 1. The molecule has 4 rings (SSSR count). The van der Waals surface area contributed by atoms with Gasteiger partial charge in [-0.15, -0.1) is 0 Å². The average Bonchev–Trinajstić information content (AvgIpc) is 2.78. The summed E-state index contributed by atoms with van der Waals surface area (Å²) in [4.78, 5) is 19.5. The highest BCUT2D eigenvalue weighted by Gasteiger charge is 2.23. The molecule has 5 nitrogen and oxygen atoms in total. The van der Waals surface area contributed by atoms with Crippen LogP contribution < -0.4 is 10.1 Å². The van der Waals surface area contributed by atoms with E-state index in [-0.39, 0.29) is 11.7 Å². The zero-order valence-corrected chi connectivity index (χ0v) is 17.7. The third-order valence-electron chi connectivity index (χ3n) is 5.09. The van der Waals surface area contributed by atoms with Gasteiger partial charge in [-0.05, 0) is 31.2 Å². The number of carbonyl (C=O) groups excluding carboxylic acids is 1. The lowest BCUT2D eigenvalue weighted by atomic mass is 10.1. The van der Waals surface area contributed by atoms with Crippen LogP contribution in [-0.2, 0) is 6.54 Å². The van der Waals surface area contributed by atoms with Crippen molar-refractivity contribution in [3.63, 3.8) is 0 Å². The maximum absolute atomic E-state index is 14.1. The van der Waals surface area contributed by atoms with E-state index in [4.69, 9.17) is 4.74 Å². The molecule has 1 aliphatic rings. The van der Waals surface area contributed by atoms with Crippen molar-refractivity contribution in [2.24, 2.45) is 0 Å². The van der Waals surface area contributed by atoms with Crippen molar-refractivity contribution in [2.45, 2.75) is 13.5 Å². The van der Waals surface area contributed by atoms with Crippen molar-refractivity contribution >= 4 is 34.3 Å². The smallest absolute Gasteiger partial charge is 0.257 e. The molecular weight excluding hydrogens is 401 g/mol. The number of anilines is 1. The molecule has 2 heterocycles. The lowest BCUT2D eigenvalue weighted by molar-refractivity contribution is 0.0773. The van der Waals surface area contributed by atoms with E-state index in [1.54, 1.807) is 12.3 Å². The molecule has 1 saturated heterocycles. The number of thioether (sulfide) groups is 1. The normalized spacial score (nSPS) is 14.0. The SMILES string of the molecule is CCOc1ccccc1CNc1c(C(=O)N2CCSCC2)cnc2ccc(F)cc12. The van der Waals surface area contributed by atoms with Gasteiger partial charge in [-0.25, -0.2) is 4.39 Å². The van der Waals surface area contributed by atoms with Crippen LogP contribution in [0.4, 0.5) is 10.1 Å². The lowest BCUT2D eigenvalue weighted by Crippen LogP contribution is -2.38. The molecule has 1 N–H and O–H groups in total. The Morgan fingerprint density at radius 1 is 1.23 bits per heavy atom. The van der Waals surface area contributed by atoms with Crippen LogP contribution in [0.2, 0.25) is 0 Å². The number of ether oxygens (including phenoxy) is 1. The molecule has 2 aromatic carbocycles. The zero-order chi connectivity index (χ0) is 20.9. The molecule has 7 heteroatoms. The van der Waals surface area contributed by atoms with Gasteiger partial charge in [-0.2, -0.15) is 11.8 Å². The fraction of sp³-hybridized carbons (Fsp3) is 0.304. The molecule has 0 aliphatic carbocycles. The van der Waals surface area contributed by atoms with Gasteiger partial charge in [0.1, 0.15) is 11.6 Å². The predicted octanol–water partition coefficient (Wildman–Crippen LogP) is 4.57. The monoisotopic (exact) mass is 425 g/mol. The van der Waals surface area contributed by atoms with E-state index >= 15 is 0 Å². The summed E-state index contributed by atoms with van der Waals surface area (Å²) in [6.45, 7) is 4.37. The van der Waals surface area contributed by atoms with Crippen LogP contribution in [0.25, 0.3) is 10.9 Å². The fourth-order valence-electron chi connectivity index (χ4n) is 3.58. The zero-order valence-electron chi connectivity index (χ0n) is 16.9. The number of hydrogen-bond donors (Lipinski definition) is 1. The van der Waals surface area contributed by atoms with Crippen LogP contribution in [0.3, 0.4) is 0 Å². The third kappa shape index (κ3) is 4.36. The quantitative estimate of drug-likeness (QED) is 0.627. The second-order valence-corrected chi connectivity index (χ2v) is 8.23. The lowest BCUT2D eigenvalue weighted by Gasteiger charge is -2.27. The molecule has 1 fully saturated rings. The second kappa shape index (κ2) is 9.34. The summed E-state index contributed by atoms with van der Waals surface area (Å²) in [5, 5.41) is 3.98. The Labute approximate surface area is 179 Å². The number of carbonyl (C=O) groups is 1. The number of benzene rings is 2. The summed E-state index contributed by atoms with van der Waals surface area (Å²) in [5.74, 6) is 2.20. The standard InChI is InChI=1S/C23H24FN3O2S/c1-2-29-21-6-4-3-5-16(21)14-26-22-18-13-17(24)7-8-20(18)25-15-19(22)23(28)27-9-11-30-12-10-27/h3-8,13,15H,2,9-12,14H2,1H3,(H,25,26). The van der Waals surface area contributed by atoms with Gasteiger partial charge in [-0.1, -0.05) is 18.2 Å². The maximum atomic E-state index is 14.1. The molecule has 0 saturated carbocycles. The summed E-state index contributed by atoms with van der Waals surface area (Å²) in [6, 6.07) is 12.2. The van der Waals surface area contributed by atoms with Gasteiger partial charge in [0.05, 0.1) is 23.4 Å². The number of para-hydroxylation sites is 1. The summed E-state index contributed by atoms with van der Waals surface area (Å²) in [6.07, 6.45) is 1.60. The Morgan fingerprint density at radius 2 is 2.03 bits per heavy atom. The minimum atomic E-state index is -0.360. The van der Waals surface area contributed by atoms with Crippen LogP contribution in [0.15, 0.2) is 48.7 Å². The van der Waals surface area contributed by atoms with Crippen LogP contribution in [0.5, 0.6) is 5.75 Å². The van der Waals surface area contributed by atoms with Crippen molar-refractivity contribution < 1.29 is 13.9 Å². The topological polar surface area (TPSA) is 54.5 Å². The van der Waals surface area contributed by atoms with Gasteiger partial charge in [0.2, 0.25) is 0 Å². The highest BCUT2D eigenvalue weighted by molar-refractivity contribution is 7.99. The van der Waals surface area contributed by atoms with Gasteiger partial charge in [0.25, 0.3) is 5.91 Å². The first-order chi connectivity index (χ1) is 14.7. The highest BCUT2D eigenvalue weighted by Crippen LogP contribution is 2.30. The molecule has 1 aromatic heterocycles. The predicted molar refractivity (Wildman–Crippen MR) is 120 cm³/mol. The summed E-state index contributed by atoms with van der Waals surface area (Å²) >= 11 is 1.85. The molecular formula is C23H24FN3O2S. The third-order valence-corrected chi connectivity index (χ3v) is 6.03. The Kier molecular flexibility index (Phi) is 6.38. The molecule has 30 heavy (non-hydrogen) atoms. The van der Waals surface area contributed by atoms with Crippen LogP contribution in [0, 0.1) is 5.82 Å². The molecule has 0 unspecified atom stereocenters. The van der Waals surface area contributed by atoms with Gasteiger partial charge in [0.15, 0.2) is 0 Å². The van der Waals surface area contributed by atoms with Crippen LogP contribution in [0.1, 0.15) is 22.8 Å². The summed E-state index contributed by atoms with van der Waals surface area (Å²) in [5.41, 5.74) is 2.68. The van der Waals surface area contributed by atoms with Crippen molar-refractivity contribution in [1.82, 2.24) is 9.88 Å². The molecule has 0 atom stereocenters. The Balaban J connectivity index is 1.72. The van der Waals surface area contributed by atoms with E-state index in [1.165, 1.54) is 12.1 Å². The van der Waals surface area contributed by atoms with Gasteiger partial charge in [-0.3, -0.25) is 9.78 Å². The van der Waals surface area contributed by atoms with Gasteiger partial charge in [0, 0.05) is 48.3 Å². The summed E-state index contributed by atoms with van der Waals surface area (Å²) in [7, 11) is 0. The molecule has 0 bridgehead atoms. The van der Waals surface area contributed by atoms with Gasteiger partial charge >= 0.3 is 0 Å². The first-order valence-electron chi connectivity index (χ1n) is 10.1. The number of halogens is 1. The van der Waals surface area contributed by atoms with E-state index in [0.29, 0.717) is 48.4 Å². The minimum Gasteiger partial charge on any atom is -0.494 e. The largest absolute Gasteiger partial charge is 0.494 e. The Hall–Kier alpha value is -2.80. The van der Waals surface area contributed by atoms with E-state index in [9.17, 15) is 9.18 Å². The minimum absolute atomic E-state index is 0.0745. The number of fused-ring (bicyclic) bond motifs is 1. The maximum Gasteiger partial charge on any atom is 0.257 e. The number of nitrogens with one attached hydrogen (secondary N) is 1. The van der Waals surface area contributed by atoms with E-state index in [1.807, 2.05) is 47.9 Å². The number of hydrogen-bond acceptors (Lipinski definition) is 5. The van der Waals surface area contributed by atoms with Gasteiger partial charge < -0.3 is 15.0 Å². The highest BCUT2D eigenvalue weighted by atomic mass is 32.2. The van der Waals surface area contributed by atoms with E-state index < -0.39 is 0 Å². The van der Waals surface area contributed by atoms with Crippen LogP contribution in [-0.4, -0.2) is 47.0 Å². The molecule has 156 valence electrons. The van der Waals surface area contributed by atoms with Crippen molar-refractivity contribution in [3.8, 4) is 5.75 Å². The molecule has 1 amide bonds. The Bertz CT molecular complexity index is 1050. The average molecular weight is 426 g/mol. The molecule has 3 aromatic rings. The molecule has 0 spiro atoms. The van der Waals surface area contributed by atoms with Crippen molar-refractivity contribution in [1.29, 1.82) is 0 Å². The first kappa shape index (κ1) is 20.5. The number of nitrogens with zero attached hydrogens (tertiary/aromatic N) is 2. The van der Waals surface area contributed by atoms with Crippen molar-refractivity contribution in [2.75, 3.05) is 36.5 Å². The van der Waals surface area contributed by atoms with Crippen molar-refractivity contribution in [3.05, 3.63) is 65.6 Å². The second-order valence-electron chi connectivity index (χ2n) is 7.01. The van der Waals surface area contributed by atoms with E-state index in [0.717, 1.165) is 22.8 Å². The summed E-state index contributed by atoms with van der Waals surface area (Å²) < 4.78 is 19.8. The van der Waals surface area contributed by atoms with Crippen LogP contribution >= 0.6 is 11.8 Å². The number of aromatic nitrogens is 1.